The normalized spacial score (nSPS) is 13.0. The Hall–Kier alpha value is -2.04. The van der Waals surface area contributed by atoms with Gasteiger partial charge in [0.25, 0.3) is 5.56 Å². The van der Waals surface area contributed by atoms with Crippen LogP contribution < -0.4 is 10.3 Å². The average Bonchev–Trinajstić information content (AvgIpc) is 2.69. The van der Waals surface area contributed by atoms with Crippen molar-refractivity contribution in [2.24, 2.45) is 5.10 Å². The van der Waals surface area contributed by atoms with Gasteiger partial charge < -0.3 is 9.84 Å². The lowest BCUT2D eigenvalue weighted by Crippen LogP contribution is -2.29. The second-order valence-corrected chi connectivity index (χ2v) is 10.7. The average molecular weight is 630 g/mol. The number of halogens is 3. The highest BCUT2D eigenvalue weighted by molar-refractivity contribution is 9.11. The molecule has 0 bridgehead atoms. The molecule has 2 aromatic carbocycles. The minimum atomic E-state index is -1.07. The summed E-state index contributed by atoms with van der Waals surface area (Å²) in [4.78, 5) is 29.0. The Balaban J connectivity index is 2.09. The van der Waals surface area contributed by atoms with E-state index in [0.29, 0.717) is 37.0 Å². The van der Waals surface area contributed by atoms with Crippen LogP contribution in [0.25, 0.3) is 10.9 Å². The Kier molecular flexibility index (Phi) is 7.26. The standard InChI is InChI=1S/C22H20Br3N3O4/c1-11(20(30)31)32-18-15(24)7-12(8-16(18)25)10-26-28-19(29)14-9-13(23)5-6-17(14)27-21(28)22(2,3)4/h5-11H,1-4H3,(H,30,31)/t11-/m1/s1. The molecule has 0 radical (unpaired) electrons. The van der Waals surface area contributed by atoms with Crippen LogP contribution in [0.4, 0.5) is 0 Å². The highest BCUT2D eigenvalue weighted by Gasteiger charge is 2.23. The monoisotopic (exact) mass is 627 g/mol. The fraction of sp³-hybridized carbons (Fsp3) is 0.273. The number of rotatable bonds is 5. The largest absolute Gasteiger partial charge is 0.479 e. The van der Waals surface area contributed by atoms with Gasteiger partial charge in [0.1, 0.15) is 11.6 Å². The molecule has 7 nitrogen and oxygen atoms in total. The maximum absolute atomic E-state index is 13.2. The van der Waals surface area contributed by atoms with Gasteiger partial charge in [0.05, 0.1) is 26.1 Å². The molecule has 0 saturated carbocycles. The molecule has 3 aromatic rings. The van der Waals surface area contributed by atoms with Crippen LogP contribution in [0.5, 0.6) is 5.75 Å². The highest BCUT2D eigenvalue weighted by atomic mass is 79.9. The summed E-state index contributed by atoms with van der Waals surface area (Å²) >= 11 is 10.2. The summed E-state index contributed by atoms with van der Waals surface area (Å²) in [6.45, 7) is 7.35. The molecule has 0 saturated heterocycles. The number of aliphatic carboxylic acids is 1. The van der Waals surface area contributed by atoms with Gasteiger partial charge in [-0.05, 0) is 74.7 Å². The van der Waals surface area contributed by atoms with Crippen molar-refractivity contribution in [1.29, 1.82) is 0 Å². The molecule has 168 valence electrons. The zero-order valence-corrected chi connectivity index (χ0v) is 22.4. The van der Waals surface area contributed by atoms with E-state index in [0.717, 1.165) is 4.47 Å². The van der Waals surface area contributed by atoms with Crippen LogP contribution in [-0.4, -0.2) is 33.1 Å². The zero-order valence-electron chi connectivity index (χ0n) is 17.7. The van der Waals surface area contributed by atoms with E-state index in [2.05, 4.69) is 52.9 Å². The van der Waals surface area contributed by atoms with Gasteiger partial charge in [-0.25, -0.2) is 9.78 Å². The number of hydrogen-bond acceptors (Lipinski definition) is 5. The SMILES string of the molecule is C[C@@H](Oc1c(Br)cc(C=Nn2c(C(C)(C)C)nc3ccc(Br)cc3c2=O)cc1Br)C(=O)O. The third kappa shape index (κ3) is 5.29. The van der Waals surface area contributed by atoms with Gasteiger partial charge in [-0.1, -0.05) is 36.7 Å². The number of hydrogen-bond donors (Lipinski definition) is 1. The first-order valence-corrected chi connectivity index (χ1v) is 11.9. The van der Waals surface area contributed by atoms with Crippen molar-refractivity contribution < 1.29 is 14.6 Å². The molecule has 1 heterocycles. The number of aromatic nitrogens is 2. The predicted molar refractivity (Wildman–Crippen MR) is 135 cm³/mol. The van der Waals surface area contributed by atoms with E-state index >= 15 is 0 Å². The van der Waals surface area contributed by atoms with Crippen LogP contribution in [-0.2, 0) is 10.2 Å². The fourth-order valence-electron chi connectivity index (χ4n) is 2.86. The molecule has 0 spiro atoms. The molecule has 10 heteroatoms. The van der Waals surface area contributed by atoms with E-state index < -0.39 is 17.5 Å². The van der Waals surface area contributed by atoms with Crippen LogP contribution in [0.1, 0.15) is 39.1 Å². The van der Waals surface area contributed by atoms with Crippen molar-refractivity contribution in [2.75, 3.05) is 0 Å². The molecule has 0 unspecified atom stereocenters. The van der Waals surface area contributed by atoms with Gasteiger partial charge in [0.15, 0.2) is 6.10 Å². The van der Waals surface area contributed by atoms with Crippen LogP contribution in [0.15, 0.2) is 53.6 Å². The number of benzene rings is 2. The quantitative estimate of drug-likeness (QED) is 0.365. The second kappa shape index (κ2) is 9.44. The molecule has 3 rings (SSSR count). The topological polar surface area (TPSA) is 93.8 Å². The molecule has 1 N–H and O–H groups in total. The number of carboxylic acids is 1. The van der Waals surface area contributed by atoms with E-state index in [1.165, 1.54) is 11.6 Å². The first-order chi connectivity index (χ1) is 14.9. The molecule has 0 aliphatic rings. The van der Waals surface area contributed by atoms with Crippen molar-refractivity contribution in [3.05, 3.63) is 65.5 Å². The minimum absolute atomic E-state index is 0.272. The maximum Gasteiger partial charge on any atom is 0.344 e. The first kappa shape index (κ1) is 24.6. The Morgan fingerprint density at radius 3 is 2.38 bits per heavy atom. The first-order valence-electron chi connectivity index (χ1n) is 9.54. The third-order valence-electron chi connectivity index (χ3n) is 4.46. The second-order valence-electron chi connectivity index (χ2n) is 8.12. The van der Waals surface area contributed by atoms with Crippen molar-refractivity contribution >= 4 is 70.9 Å². The zero-order chi connectivity index (χ0) is 23.8. The summed E-state index contributed by atoms with van der Waals surface area (Å²) in [6.07, 6.45) is 0.528. The summed E-state index contributed by atoms with van der Waals surface area (Å²) in [5.74, 6) is -0.178. The third-order valence-corrected chi connectivity index (χ3v) is 6.14. The summed E-state index contributed by atoms with van der Waals surface area (Å²) in [6, 6.07) is 8.83. The van der Waals surface area contributed by atoms with Crippen molar-refractivity contribution in [2.45, 2.75) is 39.2 Å². The van der Waals surface area contributed by atoms with E-state index in [1.807, 2.05) is 26.8 Å². The van der Waals surface area contributed by atoms with E-state index in [1.54, 1.807) is 30.5 Å². The Morgan fingerprint density at radius 1 is 1.19 bits per heavy atom. The Bertz CT molecular complexity index is 1270. The molecule has 0 amide bonds. The van der Waals surface area contributed by atoms with E-state index in [4.69, 9.17) is 14.8 Å². The molecule has 0 fully saturated rings. The number of nitrogens with zero attached hydrogens (tertiary/aromatic N) is 3. The van der Waals surface area contributed by atoms with Crippen LogP contribution in [0.2, 0.25) is 0 Å². The molecule has 32 heavy (non-hydrogen) atoms. The van der Waals surface area contributed by atoms with Gasteiger partial charge in [-0.3, -0.25) is 4.79 Å². The van der Waals surface area contributed by atoms with Crippen LogP contribution in [0.3, 0.4) is 0 Å². The number of ether oxygens (including phenoxy) is 1. The summed E-state index contributed by atoms with van der Waals surface area (Å²) in [7, 11) is 0. The summed E-state index contributed by atoms with van der Waals surface area (Å²) in [5.41, 5.74) is 0.573. The van der Waals surface area contributed by atoms with Crippen LogP contribution in [0, 0.1) is 0 Å². The molecule has 0 aliphatic heterocycles. The van der Waals surface area contributed by atoms with Crippen molar-refractivity contribution in [1.82, 2.24) is 9.66 Å². The molecule has 1 atom stereocenters. The van der Waals surface area contributed by atoms with Crippen LogP contribution >= 0.6 is 47.8 Å². The molecular formula is C22H20Br3N3O4. The minimum Gasteiger partial charge on any atom is -0.479 e. The van der Waals surface area contributed by atoms with Gasteiger partial charge >= 0.3 is 5.97 Å². The fourth-order valence-corrected chi connectivity index (χ4v) is 4.63. The predicted octanol–water partition coefficient (Wildman–Crippen LogP) is 5.72. The van der Waals surface area contributed by atoms with E-state index in [9.17, 15) is 9.59 Å². The van der Waals surface area contributed by atoms with Gasteiger partial charge in [0.2, 0.25) is 0 Å². The Morgan fingerprint density at radius 2 is 1.81 bits per heavy atom. The molecule has 0 aliphatic carbocycles. The summed E-state index contributed by atoms with van der Waals surface area (Å²) < 4.78 is 8.68. The van der Waals surface area contributed by atoms with Crippen molar-refractivity contribution in [3.8, 4) is 5.75 Å². The molecule has 1 aromatic heterocycles. The smallest absolute Gasteiger partial charge is 0.344 e. The number of fused-ring (bicyclic) bond motifs is 1. The summed E-state index contributed by atoms with van der Waals surface area (Å²) in [5, 5.41) is 14.0. The number of carboxylic acid groups (broad SMARTS) is 1. The Labute approximate surface area is 209 Å². The van der Waals surface area contributed by atoms with Gasteiger partial charge in [-0.2, -0.15) is 9.78 Å². The van der Waals surface area contributed by atoms with Crippen molar-refractivity contribution in [3.63, 3.8) is 0 Å². The van der Waals surface area contributed by atoms with Gasteiger partial charge in [-0.15, -0.1) is 0 Å². The highest BCUT2D eigenvalue weighted by Crippen LogP contribution is 2.35. The maximum atomic E-state index is 13.2. The number of carbonyl (C=O) groups is 1. The van der Waals surface area contributed by atoms with Gasteiger partial charge in [0, 0.05) is 9.89 Å². The lowest BCUT2D eigenvalue weighted by Gasteiger charge is -2.21. The lowest BCUT2D eigenvalue weighted by molar-refractivity contribution is -0.144. The molecular weight excluding hydrogens is 610 g/mol. The lowest BCUT2D eigenvalue weighted by atomic mass is 9.95. The van der Waals surface area contributed by atoms with E-state index in [-0.39, 0.29) is 5.56 Å².